The number of anilines is 2. The summed E-state index contributed by atoms with van der Waals surface area (Å²) in [5.74, 6) is -3.91. The van der Waals surface area contributed by atoms with Gasteiger partial charge in [-0.1, -0.05) is 57.2 Å². The van der Waals surface area contributed by atoms with Crippen molar-refractivity contribution in [1.82, 2.24) is 4.57 Å². The van der Waals surface area contributed by atoms with Crippen molar-refractivity contribution >= 4 is 68.1 Å². The Morgan fingerprint density at radius 1 is 0.953 bits per heavy atom. The van der Waals surface area contributed by atoms with E-state index in [0.717, 1.165) is 62.8 Å². The molecule has 3 aromatic carbocycles. The summed E-state index contributed by atoms with van der Waals surface area (Å²) in [7, 11) is 0. The van der Waals surface area contributed by atoms with Gasteiger partial charge in [0.2, 0.25) is 17.7 Å². The number of halogens is 5. The van der Waals surface area contributed by atoms with E-state index in [9.17, 15) is 36.7 Å². The molecule has 7 nitrogen and oxygen atoms in total. The number of hydrogen-bond donors (Lipinski definition) is 1. The number of fused-ring (bicyclic) bond motifs is 2. The SMILES string of the molecule is O=C(Cn1c2c(sc1=O)[C@@H](c1ccc(Br)cc1)[C@@H]1C(=O)N(c3ccc(F)cc3)C(=O)[C@@H]1S2)Nc1cccc(C(F)(F)F)c1. The number of benzene rings is 3. The number of hydrogen-bond acceptors (Lipinski definition) is 6. The van der Waals surface area contributed by atoms with Crippen LogP contribution in [0.1, 0.15) is 21.9 Å². The Kier molecular flexibility index (Phi) is 7.55. The van der Waals surface area contributed by atoms with Crippen LogP contribution >= 0.6 is 39.0 Å². The summed E-state index contributed by atoms with van der Waals surface area (Å²) in [5.41, 5.74) is -0.154. The predicted octanol–water partition coefficient (Wildman–Crippen LogP) is 6.26. The van der Waals surface area contributed by atoms with Gasteiger partial charge >= 0.3 is 11.0 Å². The van der Waals surface area contributed by atoms with Gasteiger partial charge < -0.3 is 5.32 Å². The van der Waals surface area contributed by atoms with Crippen LogP contribution in [0.15, 0.2) is 87.1 Å². The Labute approximate surface area is 257 Å². The molecule has 0 aliphatic carbocycles. The van der Waals surface area contributed by atoms with Crippen molar-refractivity contribution in [3.05, 3.63) is 109 Å². The number of imide groups is 1. The van der Waals surface area contributed by atoms with Crippen LogP contribution in [0.2, 0.25) is 0 Å². The maximum absolute atomic E-state index is 13.8. The van der Waals surface area contributed by atoms with Crippen molar-refractivity contribution in [3.63, 3.8) is 0 Å². The Hall–Kier alpha value is -3.75. The number of aromatic nitrogens is 1. The molecule has 1 N–H and O–H groups in total. The number of thioether (sulfide) groups is 1. The zero-order valence-corrected chi connectivity index (χ0v) is 24.8. The van der Waals surface area contributed by atoms with Crippen LogP contribution in [0.3, 0.4) is 0 Å². The maximum atomic E-state index is 13.8. The maximum Gasteiger partial charge on any atom is 0.416 e. The molecule has 0 spiro atoms. The van der Waals surface area contributed by atoms with Crippen molar-refractivity contribution in [3.8, 4) is 0 Å². The third kappa shape index (κ3) is 5.43. The van der Waals surface area contributed by atoms with Crippen molar-refractivity contribution in [2.75, 3.05) is 10.2 Å². The summed E-state index contributed by atoms with van der Waals surface area (Å²) in [6, 6.07) is 16.2. The van der Waals surface area contributed by atoms with E-state index in [1.165, 1.54) is 22.8 Å². The van der Waals surface area contributed by atoms with Crippen LogP contribution in [-0.4, -0.2) is 27.5 Å². The van der Waals surface area contributed by atoms with Crippen molar-refractivity contribution < 1.29 is 31.9 Å². The van der Waals surface area contributed by atoms with E-state index in [4.69, 9.17) is 0 Å². The van der Waals surface area contributed by atoms with Crippen LogP contribution in [-0.2, 0) is 27.1 Å². The van der Waals surface area contributed by atoms with Gasteiger partial charge in [0.1, 0.15) is 17.6 Å². The molecule has 3 atom stereocenters. The monoisotopic (exact) mass is 691 g/mol. The van der Waals surface area contributed by atoms with E-state index in [-0.39, 0.29) is 11.4 Å². The number of carbonyl (C=O) groups is 3. The van der Waals surface area contributed by atoms with Gasteiger partial charge in [0.05, 0.1) is 22.2 Å². The molecule has 0 unspecified atom stereocenters. The molecule has 43 heavy (non-hydrogen) atoms. The van der Waals surface area contributed by atoms with Crippen molar-refractivity contribution in [2.24, 2.45) is 5.92 Å². The highest BCUT2D eigenvalue weighted by Gasteiger charge is 2.56. The molecule has 2 aliphatic rings. The quantitative estimate of drug-likeness (QED) is 0.197. The largest absolute Gasteiger partial charge is 0.416 e. The highest BCUT2D eigenvalue weighted by Crippen LogP contribution is 2.54. The molecule has 220 valence electrons. The minimum atomic E-state index is -4.60. The first-order valence-electron chi connectivity index (χ1n) is 12.7. The number of alkyl halides is 3. The number of rotatable bonds is 5. The molecule has 1 aromatic heterocycles. The molecular weight excluding hydrogens is 674 g/mol. The smallest absolute Gasteiger partial charge is 0.325 e. The van der Waals surface area contributed by atoms with E-state index in [1.54, 1.807) is 24.3 Å². The van der Waals surface area contributed by atoms with E-state index >= 15 is 0 Å². The molecular formula is C29H18BrF4N3O4S2. The summed E-state index contributed by atoms with van der Waals surface area (Å²) in [6.07, 6.45) is -4.60. The minimum absolute atomic E-state index is 0.0936. The van der Waals surface area contributed by atoms with Gasteiger partial charge in [-0.15, -0.1) is 0 Å². The molecule has 6 rings (SSSR count). The molecule has 0 saturated carbocycles. The lowest BCUT2D eigenvalue weighted by molar-refractivity contribution is -0.137. The van der Waals surface area contributed by atoms with Gasteiger partial charge in [-0.2, -0.15) is 13.2 Å². The van der Waals surface area contributed by atoms with E-state index in [2.05, 4.69) is 21.2 Å². The normalized spacial score (nSPS) is 19.7. The van der Waals surface area contributed by atoms with Gasteiger partial charge in [0.25, 0.3) is 0 Å². The fraction of sp³-hybridized carbons (Fsp3) is 0.172. The third-order valence-corrected chi connectivity index (χ3v) is 10.3. The number of nitrogens with zero attached hydrogens (tertiary/aromatic N) is 2. The zero-order chi connectivity index (χ0) is 30.6. The second-order valence-corrected chi connectivity index (χ2v) is 12.9. The van der Waals surface area contributed by atoms with Crippen LogP contribution in [0.25, 0.3) is 0 Å². The highest BCUT2D eigenvalue weighted by atomic mass is 79.9. The minimum Gasteiger partial charge on any atom is -0.325 e. The average Bonchev–Trinajstić information content (AvgIpc) is 3.40. The standard InChI is InChI=1S/C29H18BrF4N3O4S2/c30-16-6-4-14(5-7-16)21-22-23(26(40)37(25(22)39)19-10-8-17(31)9-11-19)42-27-24(21)43-28(41)36(27)13-20(38)35-18-3-1-2-15(12-18)29(32,33)34/h1-12,21-23H,13H2,(H,35,38)/t21-,22-,23+/m0/s1. The Bertz CT molecular complexity index is 1820. The van der Waals surface area contributed by atoms with E-state index in [0.29, 0.717) is 15.5 Å². The van der Waals surface area contributed by atoms with Crippen LogP contribution < -0.4 is 15.1 Å². The Balaban J connectivity index is 1.37. The Morgan fingerprint density at radius 2 is 1.65 bits per heavy atom. The van der Waals surface area contributed by atoms with Crippen LogP contribution in [0, 0.1) is 11.7 Å². The van der Waals surface area contributed by atoms with Crippen molar-refractivity contribution in [2.45, 2.75) is 28.9 Å². The lowest BCUT2D eigenvalue weighted by Crippen LogP contribution is -2.33. The summed E-state index contributed by atoms with van der Waals surface area (Å²) in [4.78, 5) is 54.7. The molecule has 3 amide bonds. The predicted molar refractivity (Wildman–Crippen MR) is 157 cm³/mol. The summed E-state index contributed by atoms with van der Waals surface area (Å²) in [6.45, 7) is -0.526. The summed E-state index contributed by atoms with van der Waals surface area (Å²) >= 11 is 5.22. The average molecular weight is 693 g/mol. The van der Waals surface area contributed by atoms with E-state index < -0.39 is 63.8 Å². The topological polar surface area (TPSA) is 88.5 Å². The third-order valence-electron chi connectivity index (χ3n) is 7.14. The first-order chi connectivity index (χ1) is 20.4. The molecule has 0 radical (unpaired) electrons. The first kappa shape index (κ1) is 29.3. The molecule has 2 aliphatic heterocycles. The zero-order valence-electron chi connectivity index (χ0n) is 21.6. The molecule has 14 heteroatoms. The van der Waals surface area contributed by atoms with Gasteiger partial charge in [-0.25, -0.2) is 9.29 Å². The molecule has 1 saturated heterocycles. The lowest BCUT2D eigenvalue weighted by atomic mass is 9.83. The number of thiazole rings is 1. The second kappa shape index (κ2) is 11.1. The fourth-order valence-corrected chi connectivity index (χ4v) is 8.28. The number of amides is 3. The van der Waals surface area contributed by atoms with E-state index in [1.807, 2.05) is 0 Å². The molecule has 3 heterocycles. The van der Waals surface area contributed by atoms with Crippen LogP contribution in [0.5, 0.6) is 0 Å². The molecule has 1 fully saturated rings. The van der Waals surface area contributed by atoms with Gasteiger partial charge in [0, 0.05) is 21.0 Å². The molecule has 0 bridgehead atoms. The van der Waals surface area contributed by atoms with Gasteiger partial charge in [-0.3, -0.25) is 23.7 Å². The van der Waals surface area contributed by atoms with Crippen molar-refractivity contribution in [1.29, 1.82) is 0 Å². The van der Waals surface area contributed by atoms with Crippen LogP contribution in [0.4, 0.5) is 28.9 Å². The highest BCUT2D eigenvalue weighted by molar-refractivity contribution is 9.10. The summed E-state index contributed by atoms with van der Waals surface area (Å²) in [5, 5.41) is 1.77. The Morgan fingerprint density at radius 3 is 2.33 bits per heavy atom. The first-order valence-corrected chi connectivity index (χ1v) is 15.2. The van der Waals surface area contributed by atoms with Gasteiger partial charge in [0.15, 0.2) is 0 Å². The van der Waals surface area contributed by atoms with Gasteiger partial charge in [-0.05, 0) is 60.2 Å². The summed E-state index contributed by atoms with van der Waals surface area (Å²) < 4.78 is 55.0. The fourth-order valence-electron chi connectivity index (χ4n) is 5.25. The second-order valence-electron chi connectivity index (χ2n) is 9.83. The molecule has 4 aromatic rings. The lowest BCUT2D eigenvalue weighted by Gasteiger charge is -2.30. The number of nitrogens with one attached hydrogen (secondary N) is 1. The number of carbonyl (C=O) groups excluding carboxylic acids is 3.